The van der Waals surface area contributed by atoms with Crippen LogP contribution in [0.2, 0.25) is 0 Å². The van der Waals surface area contributed by atoms with Gasteiger partial charge in [0.15, 0.2) is 0 Å². The molecule has 0 spiro atoms. The van der Waals surface area contributed by atoms with E-state index < -0.39 is 0 Å². The largest absolute Gasteiger partial charge is 0.351 e. The predicted octanol–water partition coefficient (Wildman–Crippen LogP) is 2.70. The molecule has 1 heterocycles. The summed E-state index contributed by atoms with van der Waals surface area (Å²) in [6.45, 7) is 2.89. The van der Waals surface area contributed by atoms with Gasteiger partial charge < -0.3 is 10.2 Å². The Bertz CT molecular complexity index is 443. The standard InChI is InChI=1S/C15H24N4O/c1-3-4-11-19(2)14(20)13-9-10-16-15(18-13)17-12-7-5-6-8-12/h9-10,12H,3-8,11H2,1-2H3,(H,16,17,18). The van der Waals surface area contributed by atoms with Crippen LogP contribution in [0, 0.1) is 0 Å². The Kier molecular flexibility index (Phi) is 5.32. The van der Waals surface area contributed by atoms with Crippen LogP contribution in [-0.4, -0.2) is 40.4 Å². The molecule has 20 heavy (non-hydrogen) atoms. The van der Waals surface area contributed by atoms with Crippen molar-refractivity contribution in [1.82, 2.24) is 14.9 Å². The van der Waals surface area contributed by atoms with Gasteiger partial charge in [-0.15, -0.1) is 0 Å². The molecule has 1 fully saturated rings. The molecule has 1 aliphatic rings. The molecule has 5 nitrogen and oxygen atoms in total. The lowest BCUT2D eigenvalue weighted by Gasteiger charge is -2.17. The van der Waals surface area contributed by atoms with Gasteiger partial charge in [-0.05, 0) is 25.3 Å². The molecule has 1 amide bonds. The molecule has 0 radical (unpaired) electrons. The number of hydrogen-bond donors (Lipinski definition) is 1. The van der Waals surface area contributed by atoms with E-state index in [9.17, 15) is 4.79 Å². The van der Waals surface area contributed by atoms with Gasteiger partial charge >= 0.3 is 0 Å². The zero-order chi connectivity index (χ0) is 14.4. The van der Waals surface area contributed by atoms with E-state index in [2.05, 4.69) is 22.2 Å². The molecule has 5 heteroatoms. The van der Waals surface area contributed by atoms with Crippen molar-refractivity contribution in [2.75, 3.05) is 18.9 Å². The third-order valence-electron chi connectivity index (χ3n) is 3.76. The summed E-state index contributed by atoms with van der Waals surface area (Å²) in [6.07, 6.45) is 8.60. The van der Waals surface area contributed by atoms with Crippen molar-refractivity contribution >= 4 is 11.9 Å². The van der Waals surface area contributed by atoms with Crippen molar-refractivity contribution in [3.63, 3.8) is 0 Å². The van der Waals surface area contributed by atoms with Crippen molar-refractivity contribution in [1.29, 1.82) is 0 Å². The summed E-state index contributed by atoms with van der Waals surface area (Å²) in [7, 11) is 1.82. The summed E-state index contributed by atoms with van der Waals surface area (Å²) >= 11 is 0. The van der Waals surface area contributed by atoms with Gasteiger partial charge in [0.05, 0.1) is 0 Å². The molecule has 1 aromatic heterocycles. The molecule has 0 atom stereocenters. The first kappa shape index (κ1) is 14.8. The second kappa shape index (κ2) is 7.22. The molecule has 0 aromatic carbocycles. The average Bonchev–Trinajstić information content (AvgIpc) is 2.97. The average molecular weight is 276 g/mol. The molecule has 1 aromatic rings. The summed E-state index contributed by atoms with van der Waals surface area (Å²) in [5, 5.41) is 3.33. The van der Waals surface area contributed by atoms with Gasteiger partial charge in [-0.25, -0.2) is 9.97 Å². The number of carbonyl (C=O) groups is 1. The van der Waals surface area contributed by atoms with Gasteiger partial charge in [0.2, 0.25) is 5.95 Å². The Labute approximate surface area is 120 Å². The van der Waals surface area contributed by atoms with Crippen LogP contribution in [0.15, 0.2) is 12.3 Å². The zero-order valence-electron chi connectivity index (χ0n) is 12.4. The van der Waals surface area contributed by atoms with E-state index in [1.54, 1.807) is 17.2 Å². The molecule has 0 saturated heterocycles. The van der Waals surface area contributed by atoms with Crippen LogP contribution >= 0.6 is 0 Å². The number of aromatic nitrogens is 2. The highest BCUT2D eigenvalue weighted by atomic mass is 16.2. The van der Waals surface area contributed by atoms with E-state index in [0.717, 1.165) is 32.2 Å². The summed E-state index contributed by atoms with van der Waals surface area (Å²) < 4.78 is 0. The number of unbranched alkanes of at least 4 members (excludes halogenated alkanes) is 1. The number of amides is 1. The highest BCUT2D eigenvalue weighted by Crippen LogP contribution is 2.20. The fraction of sp³-hybridized carbons (Fsp3) is 0.667. The number of anilines is 1. The molecular formula is C15H24N4O. The Hall–Kier alpha value is -1.65. The summed E-state index contributed by atoms with van der Waals surface area (Å²) in [4.78, 5) is 22.5. The third-order valence-corrected chi connectivity index (χ3v) is 3.76. The normalized spacial score (nSPS) is 15.3. The van der Waals surface area contributed by atoms with Crippen LogP contribution in [0.3, 0.4) is 0 Å². The summed E-state index contributed by atoms with van der Waals surface area (Å²) in [5.74, 6) is 0.543. The van der Waals surface area contributed by atoms with E-state index in [1.165, 1.54) is 12.8 Å². The first-order chi connectivity index (χ1) is 9.70. The van der Waals surface area contributed by atoms with E-state index in [1.807, 2.05) is 7.05 Å². The fourth-order valence-electron chi connectivity index (χ4n) is 2.49. The molecule has 1 saturated carbocycles. The predicted molar refractivity (Wildman–Crippen MR) is 79.8 cm³/mol. The van der Waals surface area contributed by atoms with Crippen LogP contribution in [-0.2, 0) is 0 Å². The minimum Gasteiger partial charge on any atom is -0.351 e. The molecule has 110 valence electrons. The molecule has 0 bridgehead atoms. The smallest absolute Gasteiger partial charge is 0.272 e. The van der Waals surface area contributed by atoms with E-state index in [0.29, 0.717) is 17.7 Å². The van der Waals surface area contributed by atoms with Gasteiger partial charge in [-0.2, -0.15) is 0 Å². The van der Waals surface area contributed by atoms with Gasteiger partial charge in [-0.3, -0.25) is 4.79 Å². The minimum atomic E-state index is -0.0321. The van der Waals surface area contributed by atoms with Crippen LogP contribution < -0.4 is 5.32 Å². The maximum atomic E-state index is 12.2. The minimum absolute atomic E-state index is 0.0321. The first-order valence-corrected chi connectivity index (χ1v) is 7.55. The highest BCUT2D eigenvalue weighted by molar-refractivity contribution is 5.92. The maximum absolute atomic E-state index is 12.2. The molecule has 2 rings (SSSR count). The quantitative estimate of drug-likeness (QED) is 0.868. The lowest BCUT2D eigenvalue weighted by molar-refractivity contribution is 0.0787. The second-order valence-electron chi connectivity index (χ2n) is 5.47. The molecule has 0 aliphatic heterocycles. The molecule has 1 aliphatic carbocycles. The monoisotopic (exact) mass is 276 g/mol. The lowest BCUT2D eigenvalue weighted by atomic mass is 10.2. The topological polar surface area (TPSA) is 58.1 Å². The van der Waals surface area contributed by atoms with E-state index >= 15 is 0 Å². The Morgan fingerprint density at radius 1 is 1.45 bits per heavy atom. The van der Waals surface area contributed by atoms with Crippen molar-refractivity contribution in [3.8, 4) is 0 Å². The zero-order valence-corrected chi connectivity index (χ0v) is 12.4. The molecular weight excluding hydrogens is 252 g/mol. The number of nitrogens with one attached hydrogen (secondary N) is 1. The highest BCUT2D eigenvalue weighted by Gasteiger charge is 2.17. The number of nitrogens with zero attached hydrogens (tertiary/aromatic N) is 3. The van der Waals surface area contributed by atoms with Gasteiger partial charge in [0, 0.05) is 25.8 Å². The van der Waals surface area contributed by atoms with Crippen LogP contribution in [0.1, 0.15) is 55.9 Å². The van der Waals surface area contributed by atoms with E-state index in [4.69, 9.17) is 0 Å². The van der Waals surface area contributed by atoms with Crippen molar-refractivity contribution in [2.45, 2.75) is 51.5 Å². The summed E-state index contributed by atoms with van der Waals surface area (Å²) in [6, 6.07) is 2.14. The maximum Gasteiger partial charge on any atom is 0.272 e. The van der Waals surface area contributed by atoms with Gasteiger partial charge in [0.25, 0.3) is 5.91 Å². The van der Waals surface area contributed by atoms with E-state index in [-0.39, 0.29) is 5.91 Å². The number of rotatable bonds is 6. The lowest BCUT2D eigenvalue weighted by Crippen LogP contribution is -2.29. The van der Waals surface area contributed by atoms with Gasteiger partial charge in [0.1, 0.15) is 5.69 Å². The van der Waals surface area contributed by atoms with Crippen LogP contribution in [0.5, 0.6) is 0 Å². The molecule has 0 unspecified atom stereocenters. The van der Waals surface area contributed by atoms with Crippen LogP contribution in [0.4, 0.5) is 5.95 Å². The number of carbonyl (C=O) groups excluding carboxylic acids is 1. The summed E-state index contributed by atoms with van der Waals surface area (Å²) in [5.41, 5.74) is 0.471. The SMILES string of the molecule is CCCCN(C)C(=O)c1ccnc(NC2CCCC2)n1. The second-order valence-corrected chi connectivity index (χ2v) is 5.47. The van der Waals surface area contributed by atoms with Crippen molar-refractivity contribution in [3.05, 3.63) is 18.0 Å². The Balaban J connectivity index is 1.98. The molecule has 1 N–H and O–H groups in total. The Morgan fingerprint density at radius 3 is 2.90 bits per heavy atom. The first-order valence-electron chi connectivity index (χ1n) is 7.55. The van der Waals surface area contributed by atoms with Crippen molar-refractivity contribution < 1.29 is 4.79 Å². The Morgan fingerprint density at radius 2 is 2.20 bits per heavy atom. The van der Waals surface area contributed by atoms with Crippen molar-refractivity contribution in [2.24, 2.45) is 0 Å². The van der Waals surface area contributed by atoms with Gasteiger partial charge in [-0.1, -0.05) is 26.2 Å². The fourth-order valence-corrected chi connectivity index (χ4v) is 2.49. The third kappa shape index (κ3) is 3.92. The van der Waals surface area contributed by atoms with Crippen LogP contribution in [0.25, 0.3) is 0 Å². The number of hydrogen-bond acceptors (Lipinski definition) is 4.